The number of carbonyl (C=O) groups excluding carboxylic acids is 1. The molecule has 2 unspecified atom stereocenters. The number of hydrogen-bond acceptors (Lipinski definition) is 3. The third kappa shape index (κ3) is 5.21. The van der Waals surface area contributed by atoms with Crippen molar-refractivity contribution >= 4 is 11.6 Å². The van der Waals surface area contributed by atoms with Gasteiger partial charge in [0.2, 0.25) is 5.91 Å². The topological polar surface area (TPSA) is 52.6 Å². The number of amides is 1. The van der Waals surface area contributed by atoms with Crippen LogP contribution in [0.3, 0.4) is 0 Å². The van der Waals surface area contributed by atoms with E-state index >= 15 is 0 Å². The molecule has 7 heteroatoms. The predicted octanol–water partition coefficient (Wildman–Crippen LogP) is 2.74. The SMILES string of the molecule is CN(CC(=O)Nc1ccc(C(F)(F)F)cc1)CC1CCCC1O. The summed E-state index contributed by atoms with van der Waals surface area (Å²) in [5.41, 5.74) is -0.417. The Bertz CT molecular complexity index is 531. The summed E-state index contributed by atoms with van der Waals surface area (Å²) in [6.45, 7) is 0.756. The lowest BCUT2D eigenvalue weighted by Gasteiger charge is -2.22. The first-order valence-electron chi connectivity index (χ1n) is 7.59. The van der Waals surface area contributed by atoms with E-state index in [1.54, 1.807) is 7.05 Å². The van der Waals surface area contributed by atoms with Crippen molar-refractivity contribution in [3.05, 3.63) is 29.8 Å². The molecule has 2 N–H and O–H groups in total. The number of benzene rings is 1. The second-order valence-corrected chi connectivity index (χ2v) is 6.08. The van der Waals surface area contributed by atoms with Gasteiger partial charge in [0.15, 0.2) is 0 Å². The smallest absolute Gasteiger partial charge is 0.393 e. The van der Waals surface area contributed by atoms with Crippen molar-refractivity contribution in [2.45, 2.75) is 31.5 Å². The highest BCUT2D eigenvalue weighted by atomic mass is 19.4. The molecule has 0 saturated heterocycles. The van der Waals surface area contributed by atoms with Crippen molar-refractivity contribution in [1.29, 1.82) is 0 Å². The van der Waals surface area contributed by atoms with Gasteiger partial charge < -0.3 is 10.4 Å². The molecule has 0 radical (unpaired) electrons. The fourth-order valence-electron chi connectivity index (χ4n) is 2.88. The van der Waals surface area contributed by atoms with Gasteiger partial charge in [0.1, 0.15) is 0 Å². The average molecular weight is 330 g/mol. The van der Waals surface area contributed by atoms with Gasteiger partial charge >= 0.3 is 6.18 Å². The summed E-state index contributed by atoms with van der Waals surface area (Å²) >= 11 is 0. The summed E-state index contributed by atoms with van der Waals surface area (Å²) in [5, 5.41) is 12.4. The molecule has 0 aromatic heterocycles. The molecule has 1 aliphatic carbocycles. The molecule has 1 aliphatic rings. The quantitative estimate of drug-likeness (QED) is 0.873. The third-order valence-electron chi connectivity index (χ3n) is 4.07. The van der Waals surface area contributed by atoms with Crippen LogP contribution in [0.15, 0.2) is 24.3 Å². The lowest BCUT2D eigenvalue weighted by molar-refractivity contribution is -0.137. The number of rotatable bonds is 5. The van der Waals surface area contributed by atoms with Gasteiger partial charge in [-0.05, 0) is 50.1 Å². The fraction of sp³-hybridized carbons (Fsp3) is 0.562. The maximum atomic E-state index is 12.5. The minimum Gasteiger partial charge on any atom is -0.393 e. The van der Waals surface area contributed by atoms with Crippen LogP contribution >= 0.6 is 0 Å². The number of halogens is 3. The van der Waals surface area contributed by atoms with Gasteiger partial charge in [-0.3, -0.25) is 9.69 Å². The largest absolute Gasteiger partial charge is 0.416 e. The molecule has 1 aromatic rings. The number of carbonyl (C=O) groups is 1. The molecule has 0 heterocycles. The van der Waals surface area contributed by atoms with Crippen LogP contribution in [-0.2, 0) is 11.0 Å². The maximum absolute atomic E-state index is 12.5. The van der Waals surface area contributed by atoms with E-state index in [-0.39, 0.29) is 24.5 Å². The number of hydrogen-bond donors (Lipinski definition) is 2. The molecule has 23 heavy (non-hydrogen) atoms. The van der Waals surface area contributed by atoms with Crippen LogP contribution in [0.1, 0.15) is 24.8 Å². The molecular formula is C16H21F3N2O2. The molecule has 0 aliphatic heterocycles. The van der Waals surface area contributed by atoms with E-state index < -0.39 is 11.7 Å². The fourth-order valence-corrected chi connectivity index (χ4v) is 2.88. The standard InChI is InChI=1S/C16H21F3N2O2/c1-21(9-11-3-2-4-14(11)22)10-15(23)20-13-7-5-12(6-8-13)16(17,18)19/h5-8,11,14,22H,2-4,9-10H2,1H3,(H,20,23). The highest BCUT2D eigenvalue weighted by molar-refractivity contribution is 5.92. The number of nitrogens with one attached hydrogen (secondary N) is 1. The monoisotopic (exact) mass is 330 g/mol. The zero-order valence-electron chi connectivity index (χ0n) is 12.9. The Morgan fingerprint density at radius 1 is 1.30 bits per heavy atom. The number of aliphatic hydroxyl groups excluding tert-OH is 1. The number of aliphatic hydroxyl groups is 1. The molecule has 1 saturated carbocycles. The van der Waals surface area contributed by atoms with Gasteiger partial charge in [-0.2, -0.15) is 13.2 Å². The van der Waals surface area contributed by atoms with Crippen molar-refractivity contribution in [1.82, 2.24) is 4.90 Å². The zero-order valence-corrected chi connectivity index (χ0v) is 12.9. The van der Waals surface area contributed by atoms with Crippen LogP contribution in [0.5, 0.6) is 0 Å². The van der Waals surface area contributed by atoms with Gasteiger partial charge in [0.05, 0.1) is 18.2 Å². The molecule has 0 spiro atoms. The van der Waals surface area contributed by atoms with Crippen molar-refractivity contribution in [3.8, 4) is 0 Å². The predicted molar refractivity (Wildman–Crippen MR) is 80.9 cm³/mol. The summed E-state index contributed by atoms with van der Waals surface area (Å²) in [6, 6.07) is 4.35. The van der Waals surface area contributed by atoms with Gasteiger partial charge in [0, 0.05) is 12.2 Å². The Hall–Kier alpha value is -1.60. The highest BCUT2D eigenvalue weighted by Gasteiger charge is 2.30. The van der Waals surface area contributed by atoms with Crippen molar-refractivity contribution in [2.24, 2.45) is 5.92 Å². The van der Waals surface area contributed by atoms with E-state index in [4.69, 9.17) is 0 Å². The summed E-state index contributed by atoms with van der Waals surface area (Å²) < 4.78 is 37.4. The summed E-state index contributed by atoms with van der Waals surface area (Å²) in [6.07, 6.45) is -1.94. The normalized spacial score (nSPS) is 21.7. The van der Waals surface area contributed by atoms with Crippen LogP contribution in [0.2, 0.25) is 0 Å². The Labute approximate surface area is 133 Å². The van der Waals surface area contributed by atoms with Gasteiger partial charge in [-0.25, -0.2) is 0 Å². The van der Waals surface area contributed by atoms with Crippen molar-refractivity contribution < 1.29 is 23.1 Å². The molecular weight excluding hydrogens is 309 g/mol. The second-order valence-electron chi connectivity index (χ2n) is 6.08. The van der Waals surface area contributed by atoms with Crippen LogP contribution in [0.25, 0.3) is 0 Å². The lowest BCUT2D eigenvalue weighted by Crippen LogP contribution is -2.35. The molecule has 1 aromatic carbocycles. The van der Waals surface area contributed by atoms with Crippen LogP contribution in [-0.4, -0.2) is 42.2 Å². The first-order valence-corrected chi connectivity index (χ1v) is 7.59. The third-order valence-corrected chi connectivity index (χ3v) is 4.07. The highest BCUT2D eigenvalue weighted by Crippen LogP contribution is 2.30. The van der Waals surface area contributed by atoms with Crippen LogP contribution < -0.4 is 5.32 Å². The molecule has 1 amide bonds. The summed E-state index contributed by atoms with van der Waals surface area (Å²) in [4.78, 5) is 13.7. The number of anilines is 1. The Balaban J connectivity index is 1.82. The molecule has 128 valence electrons. The van der Waals surface area contributed by atoms with Crippen molar-refractivity contribution in [3.63, 3.8) is 0 Å². The second kappa shape index (κ2) is 7.31. The number of alkyl halides is 3. The molecule has 1 fully saturated rings. The molecule has 2 atom stereocenters. The summed E-state index contributed by atoms with van der Waals surface area (Å²) in [7, 11) is 1.79. The molecule has 2 rings (SSSR count). The van der Waals surface area contributed by atoms with E-state index in [1.807, 2.05) is 4.90 Å². The lowest BCUT2D eigenvalue weighted by atomic mass is 10.1. The first kappa shape index (κ1) is 17.7. The van der Waals surface area contributed by atoms with E-state index in [0.29, 0.717) is 12.2 Å². The van der Waals surface area contributed by atoms with E-state index in [0.717, 1.165) is 31.4 Å². The molecule has 4 nitrogen and oxygen atoms in total. The van der Waals surface area contributed by atoms with Gasteiger partial charge in [0.25, 0.3) is 0 Å². The van der Waals surface area contributed by atoms with Crippen molar-refractivity contribution in [2.75, 3.05) is 25.5 Å². The van der Waals surface area contributed by atoms with Gasteiger partial charge in [-0.15, -0.1) is 0 Å². The summed E-state index contributed by atoms with van der Waals surface area (Å²) in [5.74, 6) is -0.112. The van der Waals surface area contributed by atoms with Gasteiger partial charge in [-0.1, -0.05) is 6.42 Å². The Kier molecular flexibility index (Phi) is 5.64. The number of likely N-dealkylation sites (N-methyl/N-ethyl adjacent to an activating group) is 1. The van der Waals surface area contributed by atoms with E-state index in [2.05, 4.69) is 5.32 Å². The van der Waals surface area contributed by atoms with Crippen LogP contribution in [0.4, 0.5) is 18.9 Å². The maximum Gasteiger partial charge on any atom is 0.416 e. The molecule has 0 bridgehead atoms. The van der Waals surface area contributed by atoms with E-state index in [1.165, 1.54) is 12.1 Å². The Morgan fingerprint density at radius 3 is 2.48 bits per heavy atom. The first-order chi connectivity index (χ1) is 10.8. The zero-order chi connectivity index (χ0) is 17.0. The average Bonchev–Trinajstić information content (AvgIpc) is 2.83. The van der Waals surface area contributed by atoms with Crippen LogP contribution in [0, 0.1) is 5.92 Å². The van der Waals surface area contributed by atoms with E-state index in [9.17, 15) is 23.1 Å². The Morgan fingerprint density at radius 2 is 1.96 bits per heavy atom. The minimum absolute atomic E-state index is 0.129. The minimum atomic E-state index is -4.38. The number of nitrogens with zero attached hydrogens (tertiary/aromatic N) is 1.